The maximum Gasteiger partial charge on any atom is 0.411 e. The summed E-state index contributed by atoms with van der Waals surface area (Å²) in [5.41, 5.74) is -0.771. The van der Waals surface area contributed by atoms with Crippen molar-refractivity contribution in [1.29, 1.82) is 0 Å². The summed E-state index contributed by atoms with van der Waals surface area (Å²) in [6, 6.07) is 0. The number of carboxylic acid groups (broad SMARTS) is 1. The van der Waals surface area contributed by atoms with Gasteiger partial charge in [-0.25, -0.2) is 0 Å². The van der Waals surface area contributed by atoms with Crippen LogP contribution in [0.2, 0.25) is 0 Å². The normalized spacial score (nSPS) is 27.0. The molecule has 0 saturated heterocycles. The Morgan fingerprint density at radius 3 is 2.33 bits per heavy atom. The Hall–Kier alpha value is -0.780. The predicted molar refractivity (Wildman–Crippen MR) is 73.0 cm³/mol. The van der Waals surface area contributed by atoms with Crippen LogP contribution in [0.3, 0.4) is 0 Å². The molecule has 0 aromatic rings. The third-order valence-electron chi connectivity index (χ3n) is 4.59. The maximum absolute atomic E-state index is 11.9. The van der Waals surface area contributed by atoms with Crippen molar-refractivity contribution in [2.75, 3.05) is 13.2 Å². The molecule has 0 aromatic heterocycles. The van der Waals surface area contributed by atoms with Gasteiger partial charge in [0.05, 0.1) is 5.41 Å². The first-order valence-corrected chi connectivity index (χ1v) is 7.54. The highest BCUT2D eigenvalue weighted by Crippen LogP contribution is 2.44. The Kier molecular flexibility index (Phi) is 6.50. The second kappa shape index (κ2) is 7.47. The molecule has 1 rings (SSSR count). The van der Waals surface area contributed by atoms with Crippen LogP contribution in [0.15, 0.2) is 0 Å². The number of carbonyl (C=O) groups is 1. The maximum atomic E-state index is 11.9. The van der Waals surface area contributed by atoms with Crippen molar-refractivity contribution >= 4 is 5.97 Å². The number of aliphatic carboxylic acids is 1. The van der Waals surface area contributed by atoms with Crippen LogP contribution in [0.5, 0.6) is 0 Å². The molecule has 1 aliphatic carbocycles. The van der Waals surface area contributed by atoms with Crippen LogP contribution in [-0.4, -0.2) is 30.5 Å². The van der Waals surface area contributed by atoms with E-state index in [-0.39, 0.29) is 6.61 Å². The minimum absolute atomic E-state index is 0.0395. The highest BCUT2D eigenvalue weighted by atomic mass is 19.4. The van der Waals surface area contributed by atoms with Crippen LogP contribution >= 0.6 is 0 Å². The van der Waals surface area contributed by atoms with Crippen molar-refractivity contribution < 1.29 is 27.8 Å². The lowest BCUT2D eigenvalue weighted by atomic mass is 9.66. The zero-order valence-corrected chi connectivity index (χ0v) is 12.7. The molecule has 1 fully saturated rings. The third-order valence-corrected chi connectivity index (χ3v) is 4.59. The molecule has 0 aliphatic heterocycles. The lowest BCUT2D eigenvalue weighted by Crippen LogP contribution is -2.36. The topological polar surface area (TPSA) is 46.5 Å². The van der Waals surface area contributed by atoms with Crippen LogP contribution in [0.1, 0.15) is 52.4 Å². The molecule has 0 atom stereocenters. The summed E-state index contributed by atoms with van der Waals surface area (Å²) in [4.78, 5) is 11.6. The molecule has 124 valence electrons. The number of ether oxygens (including phenoxy) is 1. The number of hydrogen-bond acceptors (Lipinski definition) is 2. The van der Waals surface area contributed by atoms with E-state index in [9.17, 15) is 23.1 Å². The molecular weight excluding hydrogens is 285 g/mol. The summed E-state index contributed by atoms with van der Waals surface area (Å²) >= 11 is 0. The second-order valence-corrected chi connectivity index (χ2v) is 6.44. The molecular formula is C15H25F3O3. The van der Waals surface area contributed by atoms with Crippen molar-refractivity contribution in [3.8, 4) is 0 Å². The van der Waals surface area contributed by atoms with Gasteiger partial charge in [0.2, 0.25) is 0 Å². The van der Waals surface area contributed by atoms with Gasteiger partial charge in [-0.2, -0.15) is 13.2 Å². The Bertz CT molecular complexity index is 332. The zero-order valence-electron chi connectivity index (χ0n) is 12.7. The molecule has 1 aliphatic rings. The highest BCUT2D eigenvalue weighted by Gasteiger charge is 2.41. The van der Waals surface area contributed by atoms with Crippen molar-refractivity contribution in [2.45, 2.75) is 58.5 Å². The lowest BCUT2D eigenvalue weighted by Gasteiger charge is -2.38. The van der Waals surface area contributed by atoms with Gasteiger partial charge in [-0.1, -0.05) is 13.8 Å². The fraction of sp³-hybridized carbons (Fsp3) is 0.933. The van der Waals surface area contributed by atoms with Gasteiger partial charge in [-0.05, 0) is 50.4 Å². The van der Waals surface area contributed by atoms with E-state index in [2.05, 4.69) is 18.6 Å². The number of carboxylic acids is 1. The van der Waals surface area contributed by atoms with Crippen molar-refractivity contribution in [3.63, 3.8) is 0 Å². The Morgan fingerprint density at radius 2 is 1.90 bits per heavy atom. The van der Waals surface area contributed by atoms with Gasteiger partial charge >= 0.3 is 12.1 Å². The van der Waals surface area contributed by atoms with Crippen molar-refractivity contribution in [3.05, 3.63) is 0 Å². The summed E-state index contributed by atoms with van der Waals surface area (Å²) in [6.07, 6.45) is -0.574. The summed E-state index contributed by atoms with van der Waals surface area (Å²) < 4.78 is 40.4. The minimum atomic E-state index is -4.32. The van der Waals surface area contributed by atoms with E-state index < -0.39 is 24.2 Å². The Balaban J connectivity index is 2.39. The van der Waals surface area contributed by atoms with Crippen LogP contribution < -0.4 is 0 Å². The van der Waals surface area contributed by atoms with E-state index in [0.717, 1.165) is 12.8 Å². The zero-order chi connectivity index (χ0) is 16.1. The summed E-state index contributed by atoms with van der Waals surface area (Å²) in [5, 5.41) is 9.48. The molecule has 0 bridgehead atoms. The molecule has 0 unspecified atom stereocenters. The average Bonchev–Trinajstić information content (AvgIpc) is 2.37. The van der Waals surface area contributed by atoms with E-state index >= 15 is 0 Å². The number of alkyl halides is 3. The van der Waals surface area contributed by atoms with Crippen molar-refractivity contribution in [2.24, 2.45) is 17.3 Å². The average molecular weight is 310 g/mol. The Morgan fingerprint density at radius 1 is 1.33 bits per heavy atom. The molecule has 1 N–H and O–H groups in total. The second-order valence-electron chi connectivity index (χ2n) is 6.44. The molecule has 0 amide bonds. The SMILES string of the molecule is CC(C)C1CCC(CCCOCC(F)(F)F)(C(=O)O)CC1. The summed E-state index contributed by atoms with van der Waals surface area (Å²) in [6.45, 7) is 2.98. The molecule has 0 spiro atoms. The Labute approximate surface area is 123 Å². The highest BCUT2D eigenvalue weighted by molar-refractivity contribution is 5.74. The summed E-state index contributed by atoms with van der Waals surface area (Å²) in [7, 11) is 0. The first-order valence-electron chi connectivity index (χ1n) is 7.54. The summed E-state index contributed by atoms with van der Waals surface area (Å²) in [5.74, 6) is 0.284. The first-order chi connectivity index (χ1) is 9.66. The van der Waals surface area contributed by atoms with Gasteiger partial charge in [-0.3, -0.25) is 4.79 Å². The van der Waals surface area contributed by atoms with Gasteiger partial charge in [-0.15, -0.1) is 0 Å². The van der Waals surface area contributed by atoms with E-state index in [1.165, 1.54) is 0 Å². The predicted octanol–water partition coefficient (Wildman–Crippen LogP) is 4.26. The minimum Gasteiger partial charge on any atom is -0.481 e. The molecule has 0 heterocycles. The van der Waals surface area contributed by atoms with Crippen molar-refractivity contribution in [1.82, 2.24) is 0 Å². The molecule has 0 radical (unpaired) electrons. The van der Waals surface area contributed by atoms with Gasteiger partial charge < -0.3 is 9.84 Å². The van der Waals surface area contributed by atoms with Crippen LogP contribution in [0, 0.1) is 17.3 Å². The van der Waals surface area contributed by atoms with Gasteiger partial charge in [0.15, 0.2) is 0 Å². The fourth-order valence-corrected chi connectivity index (χ4v) is 3.13. The quantitative estimate of drug-likeness (QED) is 0.715. The first kappa shape index (κ1) is 18.3. The number of halogens is 3. The van der Waals surface area contributed by atoms with E-state index in [4.69, 9.17) is 0 Å². The van der Waals surface area contributed by atoms with Gasteiger partial charge in [0.1, 0.15) is 6.61 Å². The van der Waals surface area contributed by atoms with E-state index in [0.29, 0.717) is 37.5 Å². The largest absolute Gasteiger partial charge is 0.481 e. The molecule has 6 heteroatoms. The van der Waals surface area contributed by atoms with Crippen LogP contribution in [0.4, 0.5) is 13.2 Å². The number of rotatable bonds is 7. The monoisotopic (exact) mass is 310 g/mol. The standard InChI is InChI=1S/C15H25F3O3/c1-11(2)12-4-7-14(8-5-12,13(19)20)6-3-9-21-10-15(16,17)18/h11-12H,3-10H2,1-2H3,(H,19,20). The third kappa shape index (κ3) is 5.85. The molecule has 3 nitrogen and oxygen atoms in total. The van der Waals surface area contributed by atoms with Crippen LogP contribution in [-0.2, 0) is 9.53 Å². The molecule has 0 aromatic carbocycles. The lowest BCUT2D eigenvalue weighted by molar-refractivity contribution is -0.175. The molecule has 21 heavy (non-hydrogen) atoms. The van der Waals surface area contributed by atoms with E-state index in [1.807, 2.05) is 0 Å². The number of hydrogen-bond donors (Lipinski definition) is 1. The fourth-order valence-electron chi connectivity index (χ4n) is 3.13. The van der Waals surface area contributed by atoms with Gasteiger partial charge in [0, 0.05) is 6.61 Å². The van der Waals surface area contributed by atoms with Crippen LogP contribution in [0.25, 0.3) is 0 Å². The van der Waals surface area contributed by atoms with Gasteiger partial charge in [0.25, 0.3) is 0 Å². The van der Waals surface area contributed by atoms with E-state index in [1.54, 1.807) is 0 Å². The smallest absolute Gasteiger partial charge is 0.411 e. The molecule has 1 saturated carbocycles.